The van der Waals surface area contributed by atoms with E-state index in [0.29, 0.717) is 6.04 Å². The van der Waals surface area contributed by atoms with Crippen LogP contribution in [-0.2, 0) is 0 Å². The third kappa shape index (κ3) is 9.61. The van der Waals surface area contributed by atoms with Crippen molar-refractivity contribution in [3.8, 4) is 0 Å². The molecule has 0 saturated carbocycles. The van der Waals surface area contributed by atoms with Gasteiger partial charge in [0, 0.05) is 12.6 Å². The molecule has 2 N–H and O–H groups in total. The molecule has 0 spiro atoms. The number of rotatable bonds is 10. The highest BCUT2D eigenvalue weighted by Crippen LogP contribution is 2.21. The lowest BCUT2D eigenvalue weighted by atomic mass is 9.85. The monoisotopic (exact) mass is 243 g/mol. The zero-order valence-corrected chi connectivity index (χ0v) is 12.4. The fourth-order valence-electron chi connectivity index (χ4n) is 2.15. The van der Waals surface area contributed by atoms with Crippen LogP contribution in [0.25, 0.3) is 0 Å². The van der Waals surface area contributed by atoms with Gasteiger partial charge in [-0.25, -0.2) is 0 Å². The van der Waals surface area contributed by atoms with E-state index in [4.69, 9.17) is 5.11 Å². The zero-order chi connectivity index (χ0) is 13.1. The van der Waals surface area contributed by atoms with Gasteiger partial charge in [-0.3, -0.25) is 0 Å². The molecule has 0 aromatic heterocycles. The van der Waals surface area contributed by atoms with Gasteiger partial charge in [-0.15, -0.1) is 0 Å². The molecule has 2 nitrogen and oxygen atoms in total. The van der Waals surface area contributed by atoms with Crippen molar-refractivity contribution >= 4 is 0 Å². The summed E-state index contributed by atoms with van der Waals surface area (Å²) in [6.07, 6.45) is 8.92. The molecule has 0 bridgehead atoms. The van der Waals surface area contributed by atoms with E-state index < -0.39 is 0 Å². The van der Waals surface area contributed by atoms with Crippen molar-refractivity contribution in [2.24, 2.45) is 5.41 Å². The van der Waals surface area contributed by atoms with Gasteiger partial charge in [0.15, 0.2) is 0 Å². The lowest BCUT2D eigenvalue weighted by molar-refractivity contribution is 0.197. The molecule has 0 heterocycles. The second-order valence-corrected chi connectivity index (χ2v) is 6.15. The molecule has 0 aliphatic heterocycles. The quantitative estimate of drug-likeness (QED) is 0.573. The van der Waals surface area contributed by atoms with Gasteiger partial charge >= 0.3 is 0 Å². The number of aliphatic hydroxyl groups excluding tert-OH is 1. The van der Waals surface area contributed by atoms with Crippen LogP contribution in [-0.4, -0.2) is 24.3 Å². The van der Waals surface area contributed by atoms with E-state index in [1.54, 1.807) is 0 Å². The number of hydrogen-bond acceptors (Lipinski definition) is 2. The Morgan fingerprint density at radius 1 is 1.00 bits per heavy atom. The summed E-state index contributed by atoms with van der Waals surface area (Å²) in [6, 6.07) is 0.433. The van der Waals surface area contributed by atoms with Gasteiger partial charge < -0.3 is 10.4 Å². The fourth-order valence-corrected chi connectivity index (χ4v) is 2.15. The van der Waals surface area contributed by atoms with Crippen molar-refractivity contribution in [1.29, 1.82) is 0 Å². The Morgan fingerprint density at radius 3 is 2.12 bits per heavy atom. The van der Waals surface area contributed by atoms with Crippen LogP contribution in [0.4, 0.5) is 0 Å². The predicted octanol–water partition coefficient (Wildman–Crippen LogP) is 3.73. The highest BCUT2D eigenvalue weighted by molar-refractivity contribution is 4.79. The maximum Gasteiger partial charge on any atom is 0.0446 e. The topological polar surface area (TPSA) is 32.3 Å². The van der Waals surface area contributed by atoms with Crippen molar-refractivity contribution in [2.45, 2.75) is 78.7 Å². The predicted molar refractivity (Wildman–Crippen MR) is 76.3 cm³/mol. The van der Waals surface area contributed by atoms with Gasteiger partial charge in [-0.1, -0.05) is 59.8 Å². The van der Waals surface area contributed by atoms with Crippen LogP contribution in [0.15, 0.2) is 0 Å². The van der Waals surface area contributed by atoms with Crippen molar-refractivity contribution in [2.75, 3.05) is 13.2 Å². The number of unbranched alkanes of at least 4 members (excludes halogenated alkanes) is 5. The maximum absolute atomic E-state index is 9.06. The van der Waals surface area contributed by atoms with Crippen LogP contribution in [0, 0.1) is 5.41 Å². The van der Waals surface area contributed by atoms with Gasteiger partial charge in [0.25, 0.3) is 0 Å². The molecule has 1 unspecified atom stereocenters. The fraction of sp³-hybridized carbons (Fsp3) is 1.00. The molecule has 1 atom stereocenters. The molecular formula is C15H33NO. The SMILES string of the molecule is CCCCCCCCNC(CCO)C(C)(C)C. The van der Waals surface area contributed by atoms with E-state index in [1.165, 1.54) is 38.5 Å². The number of nitrogens with one attached hydrogen (secondary N) is 1. The minimum atomic E-state index is 0.241. The smallest absolute Gasteiger partial charge is 0.0446 e. The van der Waals surface area contributed by atoms with E-state index >= 15 is 0 Å². The second-order valence-electron chi connectivity index (χ2n) is 6.15. The summed E-state index contributed by atoms with van der Waals surface area (Å²) in [4.78, 5) is 0. The van der Waals surface area contributed by atoms with Crippen LogP contribution in [0.1, 0.15) is 72.6 Å². The zero-order valence-electron chi connectivity index (χ0n) is 12.4. The summed E-state index contributed by atoms with van der Waals surface area (Å²) in [5.74, 6) is 0. The van der Waals surface area contributed by atoms with E-state index in [1.807, 2.05) is 0 Å². The Bertz CT molecular complexity index is 163. The minimum Gasteiger partial charge on any atom is -0.396 e. The molecule has 0 aliphatic carbocycles. The first-order valence-electron chi connectivity index (χ1n) is 7.36. The van der Waals surface area contributed by atoms with Crippen LogP contribution in [0.3, 0.4) is 0 Å². The third-order valence-corrected chi connectivity index (χ3v) is 3.38. The molecule has 0 amide bonds. The maximum atomic E-state index is 9.06. The molecule has 0 rings (SSSR count). The van der Waals surface area contributed by atoms with Gasteiger partial charge in [0.2, 0.25) is 0 Å². The van der Waals surface area contributed by atoms with Crippen molar-refractivity contribution in [3.05, 3.63) is 0 Å². The molecular weight excluding hydrogens is 210 g/mol. The Hall–Kier alpha value is -0.0800. The van der Waals surface area contributed by atoms with Crippen LogP contribution in [0.5, 0.6) is 0 Å². The van der Waals surface area contributed by atoms with Crippen molar-refractivity contribution in [3.63, 3.8) is 0 Å². The Labute approximate surface area is 108 Å². The number of aliphatic hydroxyl groups is 1. The first kappa shape index (κ1) is 16.9. The average molecular weight is 243 g/mol. The highest BCUT2D eigenvalue weighted by atomic mass is 16.3. The largest absolute Gasteiger partial charge is 0.396 e. The number of hydrogen-bond donors (Lipinski definition) is 2. The molecule has 0 radical (unpaired) electrons. The standard InChI is InChI=1S/C15H33NO/c1-5-6-7-8-9-10-12-16-14(11-13-17)15(2,3)4/h14,16-17H,5-13H2,1-4H3. The van der Waals surface area contributed by atoms with Gasteiger partial charge in [0.1, 0.15) is 0 Å². The van der Waals surface area contributed by atoms with Crippen LogP contribution >= 0.6 is 0 Å². The first-order chi connectivity index (χ1) is 8.02. The van der Waals surface area contributed by atoms with E-state index in [9.17, 15) is 0 Å². The van der Waals surface area contributed by atoms with Crippen molar-refractivity contribution in [1.82, 2.24) is 5.32 Å². The second kappa shape index (κ2) is 9.90. The normalized spacial score (nSPS) is 13.9. The molecule has 2 heteroatoms. The lowest BCUT2D eigenvalue weighted by Gasteiger charge is -2.31. The third-order valence-electron chi connectivity index (χ3n) is 3.38. The van der Waals surface area contributed by atoms with Gasteiger partial charge in [-0.05, 0) is 24.8 Å². The minimum absolute atomic E-state index is 0.241. The highest BCUT2D eigenvalue weighted by Gasteiger charge is 2.22. The molecule has 17 heavy (non-hydrogen) atoms. The van der Waals surface area contributed by atoms with Crippen LogP contribution in [0.2, 0.25) is 0 Å². The Morgan fingerprint density at radius 2 is 1.59 bits per heavy atom. The summed E-state index contributed by atoms with van der Waals surface area (Å²) in [6.45, 7) is 10.3. The summed E-state index contributed by atoms with van der Waals surface area (Å²) in [5.41, 5.74) is 0.241. The van der Waals surface area contributed by atoms with E-state index in [2.05, 4.69) is 33.0 Å². The van der Waals surface area contributed by atoms with Gasteiger partial charge in [-0.2, -0.15) is 0 Å². The molecule has 0 fully saturated rings. The summed E-state index contributed by atoms with van der Waals surface area (Å²) < 4.78 is 0. The Balaban J connectivity index is 3.55. The molecule has 0 aliphatic rings. The summed E-state index contributed by atoms with van der Waals surface area (Å²) in [7, 11) is 0. The summed E-state index contributed by atoms with van der Waals surface area (Å²) in [5, 5.41) is 12.7. The summed E-state index contributed by atoms with van der Waals surface area (Å²) >= 11 is 0. The molecule has 0 aromatic rings. The molecule has 0 aromatic carbocycles. The van der Waals surface area contributed by atoms with Crippen LogP contribution < -0.4 is 5.32 Å². The lowest BCUT2D eigenvalue weighted by Crippen LogP contribution is -2.41. The molecule has 104 valence electrons. The van der Waals surface area contributed by atoms with Gasteiger partial charge in [0.05, 0.1) is 0 Å². The first-order valence-corrected chi connectivity index (χ1v) is 7.36. The molecule has 0 saturated heterocycles. The van der Waals surface area contributed by atoms with E-state index in [-0.39, 0.29) is 12.0 Å². The van der Waals surface area contributed by atoms with E-state index in [0.717, 1.165) is 13.0 Å². The average Bonchev–Trinajstić information content (AvgIpc) is 2.25. The van der Waals surface area contributed by atoms with Crippen molar-refractivity contribution < 1.29 is 5.11 Å². The Kier molecular flexibility index (Phi) is 9.85.